The molecule has 8 heteroatoms. The maximum atomic E-state index is 13.5. The maximum Gasteiger partial charge on any atom is 0.256 e. The molecule has 35 heavy (non-hydrogen) atoms. The van der Waals surface area contributed by atoms with Crippen molar-refractivity contribution in [2.75, 3.05) is 13.1 Å². The summed E-state index contributed by atoms with van der Waals surface area (Å²) in [7, 11) is -3.73. The molecule has 2 aliphatic rings. The largest absolute Gasteiger partial charge is 0.349 e. The molecular formula is C27H39N3O4S. The van der Waals surface area contributed by atoms with E-state index < -0.39 is 15.5 Å². The van der Waals surface area contributed by atoms with Crippen molar-refractivity contribution >= 4 is 26.8 Å². The van der Waals surface area contributed by atoms with Gasteiger partial charge in [-0.1, -0.05) is 46.0 Å². The van der Waals surface area contributed by atoms with Crippen molar-refractivity contribution < 1.29 is 13.2 Å². The van der Waals surface area contributed by atoms with E-state index >= 15 is 0 Å². The van der Waals surface area contributed by atoms with Gasteiger partial charge in [-0.3, -0.25) is 9.59 Å². The number of aromatic nitrogens is 1. The van der Waals surface area contributed by atoms with Crippen LogP contribution in [0.25, 0.3) is 10.9 Å². The zero-order chi connectivity index (χ0) is 25.2. The van der Waals surface area contributed by atoms with E-state index in [1.54, 1.807) is 18.3 Å². The SMILES string of the molecule is CCn1cc(C(=O)NC2CCCCCCC2)c(=O)c2cc(S(=O)(=O)N3C[C@@H](C)C[C@H](C)C3)ccc21. The first-order valence-electron chi connectivity index (χ1n) is 13.2. The highest BCUT2D eigenvalue weighted by Gasteiger charge is 2.32. The summed E-state index contributed by atoms with van der Waals surface area (Å²) in [4.78, 5) is 26.8. The van der Waals surface area contributed by atoms with E-state index in [-0.39, 0.29) is 39.6 Å². The number of nitrogens with one attached hydrogen (secondary N) is 1. The van der Waals surface area contributed by atoms with Crippen LogP contribution in [0.5, 0.6) is 0 Å². The Balaban J connectivity index is 1.70. The molecule has 0 spiro atoms. The topological polar surface area (TPSA) is 88.5 Å². The third-order valence-corrected chi connectivity index (χ3v) is 9.38. The quantitative estimate of drug-likeness (QED) is 0.652. The number of benzene rings is 1. The van der Waals surface area contributed by atoms with Gasteiger partial charge >= 0.3 is 0 Å². The summed E-state index contributed by atoms with van der Waals surface area (Å²) in [6, 6.07) is 4.82. The fourth-order valence-corrected chi connectivity index (χ4v) is 7.48. The molecule has 192 valence electrons. The van der Waals surface area contributed by atoms with Gasteiger partial charge in [0.25, 0.3) is 5.91 Å². The van der Waals surface area contributed by atoms with Crippen LogP contribution in [0, 0.1) is 11.8 Å². The molecule has 2 aromatic rings. The van der Waals surface area contributed by atoms with Gasteiger partial charge in [0.15, 0.2) is 0 Å². The first-order chi connectivity index (χ1) is 16.7. The number of aryl methyl sites for hydroxylation is 1. The molecule has 1 aromatic carbocycles. The number of nitrogens with zero attached hydrogens (tertiary/aromatic N) is 2. The van der Waals surface area contributed by atoms with Gasteiger partial charge in [0, 0.05) is 37.3 Å². The van der Waals surface area contributed by atoms with E-state index in [1.165, 1.54) is 29.6 Å². The summed E-state index contributed by atoms with van der Waals surface area (Å²) < 4.78 is 30.3. The Hall–Kier alpha value is -2.19. The van der Waals surface area contributed by atoms with Crippen LogP contribution in [0.4, 0.5) is 0 Å². The predicted octanol–water partition coefficient (Wildman–Crippen LogP) is 4.53. The molecule has 2 heterocycles. The van der Waals surface area contributed by atoms with E-state index in [9.17, 15) is 18.0 Å². The van der Waals surface area contributed by atoms with Gasteiger partial charge in [-0.15, -0.1) is 0 Å². The highest BCUT2D eigenvalue weighted by atomic mass is 32.2. The van der Waals surface area contributed by atoms with Crippen molar-refractivity contribution in [3.05, 3.63) is 40.2 Å². The number of pyridine rings is 1. The number of carbonyl (C=O) groups excluding carboxylic acids is 1. The lowest BCUT2D eigenvalue weighted by Gasteiger charge is -2.34. The average Bonchev–Trinajstić information content (AvgIpc) is 2.80. The number of hydrogen-bond donors (Lipinski definition) is 1. The van der Waals surface area contributed by atoms with E-state index in [2.05, 4.69) is 19.2 Å². The molecule has 2 fully saturated rings. The second-order valence-corrected chi connectivity index (χ2v) is 12.6. The summed E-state index contributed by atoms with van der Waals surface area (Å²) in [5, 5.41) is 3.36. The van der Waals surface area contributed by atoms with E-state index in [1.807, 2.05) is 11.5 Å². The summed E-state index contributed by atoms with van der Waals surface area (Å²) in [5.41, 5.74) is 0.306. The number of hydrogen-bond acceptors (Lipinski definition) is 4. The minimum Gasteiger partial charge on any atom is -0.349 e. The molecule has 0 unspecified atom stereocenters. The third-order valence-electron chi connectivity index (χ3n) is 7.55. The Morgan fingerprint density at radius 2 is 1.66 bits per heavy atom. The molecule has 4 rings (SSSR count). The lowest BCUT2D eigenvalue weighted by Crippen LogP contribution is -2.42. The van der Waals surface area contributed by atoms with E-state index in [4.69, 9.17) is 0 Å². The van der Waals surface area contributed by atoms with E-state index in [0.717, 1.165) is 32.1 Å². The zero-order valence-corrected chi connectivity index (χ0v) is 22.1. The number of rotatable bonds is 5. The lowest BCUT2D eigenvalue weighted by atomic mass is 9.94. The van der Waals surface area contributed by atoms with Crippen molar-refractivity contribution in [2.45, 2.75) is 89.6 Å². The molecule has 1 aliphatic carbocycles. The number of carbonyl (C=O) groups is 1. The van der Waals surface area contributed by atoms with Crippen LogP contribution in [0.1, 0.15) is 82.5 Å². The molecule has 1 amide bonds. The van der Waals surface area contributed by atoms with Gasteiger partial charge in [0.05, 0.1) is 10.4 Å². The third kappa shape index (κ3) is 5.64. The van der Waals surface area contributed by atoms with Gasteiger partial charge in [-0.05, 0) is 56.2 Å². The second kappa shape index (κ2) is 10.8. The fraction of sp³-hybridized carbons (Fsp3) is 0.630. The van der Waals surface area contributed by atoms with Gasteiger partial charge < -0.3 is 9.88 Å². The van der Waals surface area contributed by atoms with Crippen molar-refractivity contribution in [1.82, 2.24) is 14.2 Å². The lowest BCUT2D eigenvalue weighted by molar-refractivity contribution is 0.0929. The minimum atomic E-state index is -3.73. The summed E-state index contributed by atoms with van der Waals surface area (Å²) in [5.74, 6) is 0.210. The Bertz CT molecular complexity index is 1220. The van der Waals surface area contributed by atoms with E-state index in [0.29, 0.717) is 25.2 Å². The molecule has 1 aromatic heterocycles. The van der Waals surface area contributed by atoms with Crippen molar-refractivity contribution in [1.29, 1.82) is 0 Å². The highest BCUT2D eigenvalue weighted by molar-refractivity contribution is 7.89. The predicted molar refractivity (Wildman–Crippen MR) is 139 cm³/mol. The van der Waals surface area contributed by atoms with Crippen molar-refractivity contribution in [2.24, 2.45) is 11.8 Å². The molecule has 1 saturated heterocycles. The van der Waals surface area contributed by atoms with Crippen LogP contribution in [0.15, 0.2) is 34.1 Å². The molecule has 1 saturated carbocycles. The first-order valence-corrected chi connectivity index (χ1v) is 14.6. The fourth-order valence-electron chi connectivity index (χ4n) is 5.78. The van der Waals surface area contributed by atoms with Crippen LogP contribution in [0.2, 0.25) is 0 Å². The Morgan fingerprint density at radius 3 is 2.29 bits per heavy atom. The van der Waals surface area contributed by atoms with Crippen LogP contribution in [-0.4, -0.2) is 42.3 Å². The van der Waals surface area contributed by atoms with Crippen LogP contribution >= 0.6 is 0 Å². The molecule has 1 N–H and O–H groups in total. The number of piperidine rings is 1. The molecule has 1 aliphatic heterocycles. The Morgan fingerprint density at radius 1 is 1.03 bits per heavy atom. The Labute approximate surface area is 208 Å². The smallest absolute Gasteiger partial charge is 0.256 e. The second-order valence-electron chi connectivity index (χ2n) is 10.6. The Kier molecular flexibility index (Phi) is 8.01. The summed E-state index contributed by atoms with van der Waals surface area (Å²) >= 11 is 0. The van der Waals surface area contributed by atoms with Crippen LogP contribution in [0.3, 0.4) is 0 Å². The van der Waals surface area contributed by atoms with Crippen LogP contribution < -0.4 is 10.7 Å². The normalized spacial score (nSPS) is 23.1. The maximum absolute atomic E-state index is 13.5. The molecule has 0 radical (unpaired) electrons. The van der Waals surface area contributed by atoms with Gasteiger partial charge in [-0.25, -0.2) is 8.42 Å². The standard InChI is InChI=1S/C27H39N3O4S/c1-4-29-18-24(27(32)28-21-10-8-6-5-7-9-11-21)26(31)23-15-22(12-13-25(23)29)35(33,34)30-16-19(2)14-20(3)17-30/h12-13,15,18-21H,4-11,14,16-17H2,1-3H3,(H,28,32)/t19-,20-/m0/s1. The molecule has 2 atom stereocenters. The highest BCUT2D eigenvalue weighted by Crippen LogP contribution is 2.28. The van der Waals surface area contributed by atoms with Gasteiger partial charge in [0.2, 0.25) is 15.5 Å². The molecule has 0 bridgehead atoms. The minimum absolute atomic E-state index is 0.0720. The van der Waals surface area contributed by atoms with Gasteiger partial charge in [-0.2, -0.15) is 4.31 Å². The van der Waals surface area contributed by atoms with Crippen molar-refractivity contribution in [3.63, 3.8) is 0 Å². The zero-order valence-electron chi connectivity index (χ0n) is 21.3. The number of fused-ring (bicyclic) bond motifs is 1. The monoisotopic (exact) mass is 501 g/mol. The number of amides is 1. The first kappa shape index (κ1) is 25.9. The average molecular weight is 502 g/mol. The van der Waals surface area contributed by atoms with Crippen LogP contribution in [-0.2, 0) is 16.6 Å². The van der Waals surface area contributed by atoms with Gasteiger partial charge in [0.1, 0.15) is 5.56 Å². The van der Waals surface area contributed by atoms with Crippen molar-refractivity contribution in [3.8, 4) is 0 Å². The molecule has 7 nitrogen and oxygen atoms in total. The summed E-state index contributed by atoms with van der Waals surface area (Å²) in [6.45, 7) is 7.61. The molecular weight excluding hydrogens is 462 g/mol. The summed E-state index contributed by atoms with van der Waals surface area (Å²) in [6.07, 6.45) is 10.2. The number of sulfonamides is 1.